The highest BCUT2D eigenvalue weighted by Gasteiger charge is 2.26. The van der Waals surface area contributed by atoms with Gasteiger partial charge in [-0.2, -0.15) is 0 Å². The molecule has 0 radical (unpaired) electrons. The van der Waals surface area contributed by atoms with Gasteiger partial charge in [0.2, 0.25) is 5.91 Å². The normalized spacial score (nSPS) is 14.1. The van der Waals surface area contributed by atoms with Crippen LogP contribution in [0.3, 0.4) is 0 Å². The molecular weight excluding hydrogens is 444 g/mol. The summed E-state index contributed by atoms with van der Waals surface area (Å²) in [5, 5.41) is 7.19. The second-order valence-corrected chi connectivity index (χ2v) is 9.05. The van der Waals surface area contributed by atoms with Crippen LogP contribution in [0.4, 0.5) is 11.4 Å². The van der Waals surface area contributed by atoms with Crippen LogP contribution >= 0.6 is 0 Å². The molecule has 8 heteroatoms. The Morgan fingerprint density at radius 1 is 1.11 bits per heavy atom. The first-order valence-corrected chi connectivity index (χ1v) is 12.3. The average molecular weight is 479 g/mol. The van der Waals surface area contributed by atoms with Crippen molar-refractivity contribution in [1.82, 2.24) is 9.55 Å². The SMILES string of the molecule is COCCn1c(C(=O)OC)c(NC(=O)Cc2ccccc2)c2cc(NCC3CCCCC3)cnc21. The Kier molecular flexibility index (Phi) is 8.36. The van der Waals surface area contributed by atoms with Crippen LogP contribution in [0.15, 0.2) is 42.6 Å². The second kappa shape index (κ2) is 11.8. The topological polar surface area (TPSA) is 94.5 Å². The van der Waals surface area contributed by atoms with Gasteiger partial charge in [-0.05, 0) is 30.4 Å². The van der Waals surface area contributed by atoms with E-state index in [4.69, 9.17) is 9.47 Å². The van der Waals surface area contributed by atoms with Gasteiger partial charge in [-0.1, -0.05) is 49.6 Å². The fourth-order valence-corrected chi connectivity index (χ4v) is 4.78. The number of carbonyl (C=O) groups is 2. The van der Waals surface area contributed by atoms with E-state index >= 15 is 0 Å². The summed E-state index contributed by atoms with van der Waals surface area (Å²) in [5.74, 6) is -0.0973. The van der Waals surface area contributed by atoms with Gasteiger partial charge < -0.3 is 24.7 Å². The van der Waals surface area contributed by atoms with Crippen molar-refractivity contribution in [2.45, 2.75) is 45.1 Å². The Labute approximate surface area is 206 Å². The standard InChI is InChI=1S/C27H34N4O4/c1-34-14-13-31-25(27(33)35-2)24(30-23(32)15-19-9-5-3-6-10-19)22-16-21(18-29-26(22)31)28-17-20-11-7-4-8-12-20/h3,5-6,9-10,16,18,20,28H,4,7-8,11-15,17H2,1-2H3,(H,30,32). The van der Waals surface area contributed by atoms with Gasteiger partial charge in [-0.25, -0.2) is 9.78 Å². The molecule has 0 bridgehead atoms. The third kappa shape index (κ3) is 6.00. The van der Waals surface area contributed by atoms with Crippen molar-refractivity contribution in [2.75, 3.05) is 38.0 Å². The molecule has 0 saturated heterocycles. The maximum absolute atomic E-state index is 13.0. The van der Waals surface area contributed by atoms with Crippen molar-refractivity contribution < 1.29 is 19.1 Å². The highest BCUT2D eigenvalue weighted by atomic mass is 16.5. The summed E-state index contributed by atoms with van der Waals surface area (Å²) in [5.41, 5.74) is 3.03. The molecule has 8 nitrogen and oxygen atoms in total. The molecule has 1 amide bonds. The van der Waals surface area contributed by atoms with Crippen LogP contribution in [0.5, 0.6) is 0 Å². The smallest absolute Gasteiger partial charge is 0.356 e. The van der Waals surface area contributed by atoms with Crippen molar-refractivity contribution in [1.29, 1.82) is 0 Å². The number of ether oxygens (including phenoxy) is 2. The van der Waals surface area contributed by atoms with Gasteiger partial charge in [-0.15, -0.1) is 0 Å². The predicted octanol–water partition coefficient (Wildman–Crippen LogP) is 4.64. The molecular formula is C27H34N4O4. The number of fused-ring (bicyclic) bond motifs is 1. The Bertz CT molecular complexity index is 1150. The number of rotatable bonds is 10. The molecule has 4 rings (SSSR count). The summed E-state index contributed by atoms with van der Waals surface area (Å²) < 4.78 is 12.1. The third-order valence-electron chi connectivity index (χ3n) is 6.59. The van der Waals surface area contributed by atoms with Crippen LogP contribution in [0.1, 0.15) is 48.2 Å². The number of carbonyl (C=O) groups excluding carboxylic acids is 2. The molecule has 2 aromatic heterocycles. The van der Waals surface area contributed by atoms with Gasteiger partial charge in [0, 0.05) is 25.6 Å². The van der Waals surface area contributed by atoms with Crippen molar-refractivity contribution in [3.8, 4) is 0 Å². The van der Waals surface area contributed by atoms with Gasteiger partial charge in [-0.3, -0.25) is 4.79 Å². The van der Waals surface area contributed by atoms with Gasteiger partial charge in [0.1, 0.15) is 5.65 Å². The van der Waals surface area contributed by atoms with Crippen LogP contribution in [-0.2, 0) is 27.2 Å². The first kappa shape index (κ1) is 24.7. The monoisotopic (exact) mass is 478 g/mol. The lowest BCUT2D eigenvalue weighted by Gasteiger charge is -2.22. The van der Waals surface area contributed by atoms with E-state index in [1.165, 1.54) is 39.2 Å². The van der Waals surface area contributed by atoms with Crippen LogP contribution < -0.4 is 10.6 Å². The lowest BCUT2D eigenvalue weighted by atomic mass is 9.89. The van der Waals surface area contributed by atoms with E-state index in [1.807, 2.05) is 36.4 Å². The zero-order valence-electron chi connectivity index (χ0n) is 20.5. The molecule has 1 fully saturated rings. The molecule has 0 atom stereocenters. The minimum absolute atomic E-state index is 0.194. The Balaban J connectivity index is 1.68. The highest BCUT2D eigenvalue weighted by Crippen LogP contribution is 2.33. The molecule has 1 aromatic carbocycles. The Morgan fingerprint density at radius 2 is 1.89 bits per heavy atom. The van der Waals surface area contributed by atoms with Crippen molar-refractivity contribution in [3.63, 3.8) is 0 Å². The number of esters is 1. The van der Waals surface area contributed by atoms with Crippen LogP contribution in [0.25, 0.3) is 11.0 Å². The number of hydrogen-bond acceptors (Lipinski definition) is 6. The van der Waals surface area contributed by atoms with E-state index in [0.29, 0.717) is 35.8 Å². The maximum atomic E-state index is 13.0. The van der Waals surface area contributed by atoms with Gasteiger partial charge in [0.25, 0.3) is 0 Å². The molecule has 2 heterocycles. The number of methoxy groups -OCH3 is 2. The Hall–Kier alpha value is -3.39. The van der Waals surface area contributed by atoms with Gasteiger partial charge in [0.05, 0.1) is 37.7 Å². The molecule has 0 aliphatic heterocycles. The van der Waals surface area contributed by atoms with Crippen LogP contribution in [-0.4, -0.2) is 48.8 Å². The van der Waals surface area contributed by atoms with E-state index in [1.54, 1.807) is 17.9 Å². The number of amides is 1. The summed E-state index contributed by atoms with van der Waals surface area (Å²) in [4.78, 5) is 30.5. The maximum Gasteiger partial charge on any atom is 0.356 e. The molecule has 1 aliphatic rings. The lowest BCUT2D eigenvalue weighted by Crippen LogP contribution is -2.19. The molecule has 2 N–H and O–H groups in total. The summed E-state index contributed by atoms with van der Waals surface area (Å²) in [7, 11) is 2.94. The highest BCUT2D eigenvalue weighted by molar-refractivity contribution is 6.11. The average Bonchev–Trinajstić information content (AvgIpc) is 3.19. The number of pyridine rings is 1. The van der Waals surface area contributed by atoms with E-state index in [-0.39, 0.29) is 18.0 Å². The quantitative estimate of drug-likeness (QED) is 0.412. The minimum Gasteiger partial charge on any atom is -0.464 e. The number of nitrogens with zero attached hydrogens (tertiary/aromatic N) is 2. The third-order valence-corrected chi connectivity index (χ3v) is 6.59. The van der Waals surface area contributed by atoms with Gasteiger partial charge in [0.15, 0.2) is 5.69 Å². The van der Waals surface area contributed by atoms with E-state index < -0.39 is 5.97 Å². The second-order valence-electron chi connectivity index (χ2n) is 9.05. The first-order valence-electron chi connectivity index (χ1n) is 12.3. The number of benzene rings is 1. The summed E-state index contributed by atoms with van der Waals surface area (Å²) in [6, 6.07) is 11.5. The molecule has 1 aliphatic carbocycles. The summed E-state index contributed by atoms with van der Waals surface area (Å²) in [6.45, 7) is 1.67. The molecule has 35 heavy (non-hydrogen) atoms. The summed E-state index contributed by atoms with van der Waals surface area (Å²) >= 11 is 0. The molecule has 0 spiro atoms. The fourth-order valence-electron chi connectivity index (χ4n) is 4.78. The zero-order chi connectivity index (χ0) is 24.6. The van der Waals surface area contributed by atoms with E-state index in [9.17, 15) is 9.59 Å². The summed E-state index contributed by atoms with van der Waals surface area (Å²) in [6.07, 6.45) is 8.34. The molecule has 3 aromatic rings. The van der Waals surface area contributed by atoms with Crippen LogP contribution in [0, 0.1) is 5.92 Å². The number of hydrogen-bond donors (Lipinski definition) is 2. The van der Waals surface area contributed by atoms with E-state index in [2.05, 4.69) is 15.6 Å². The van der Waals surface area contributed by atoms with Crippen LogP contribution in [0.2, 0.25) is 0 Å². The molecule has 0 unspecified atom stereocenters. The van der Waals surface area contributed by atoms with Gasteiger partial charge >= 0.3 is 5.97 Å². The van der Waals surface area contributed by atoms with E-state index in [0.717, 1.165) is 17.8 Å². The Morgan fingerprint density at radius 3 is 2.60 bits per heavy atom. The van der Waals surface area contributed by atoms with Crippen molar-refractivity contribution in [3.05, 3.63) is 53.9 Å². The van der Waals surface area contributed by atoms with Crippen molar-refractivity contribution >= 4 is 34.3 Å². The molecule has 186 valence electrons. The fraction of sp³-hybridized carbons (Fsp3) is 0.444. The number of nitrogens with one attached hydrogen (secondary N) is 2. The van der Waals surface area contributed by atoms with Crippen molar-refractivity contribution in [2.24, 2.45) is 5.92 Å². The number of aromatic nitrogens is 2. The molecule has 1 saturated carbocycles. The lowest BCUT2D eigenvalue weighted by molar-refractivity contribution is -0.115. The zero-order valence-corrected chi connectivity index (χ0v) is 20.5. The number of anilines is 2. The largest absolute Gasteiger partial charge is 0.464 e. The predicted molar refractivity (Wildman–Crippen MR) is 137 cm³/mol. The minimum atomic E-state index is -0.536. The first-order chi connectivity index (χ1) is 17.1.